The van der Waals surface area contributed by atoms with Crippen LogP contribution in [-0.2, 0) is 6.54 Å². The third kappa shape index (κ3) is 3.77. The molecule has 4 N–H and O–H groups in total. The standard InChI is InChI=1S/C15H22FN3O/c16-14-8-12(15(18)20)3-4-13(14)10-19-7-1-2-11(9-19)5-6-17/h3-4,8,11H,1-2,5-7,9-10,17H2,(H2,18,20). The van der Waals surface area contributed by atoms with Crippen LogP contribution >= 0.6 is 0 Å². The number of hydrogen-bond donors (Lipinski definition) is 2. The van der Waals surface area contributed by atoms with Crippen molar-refractivity contribution in [2.24, 2.45) is 17.4 Å². The third-order valence-corrected chi connectivity index (χ3v) is 3.91. The number of amides is 1. The number of hydrogen-bond acceptors (Lipinski definition) is 3. The molecular formula is C15H22FN3O. The van der Waals surface area contributed by atoms with Gasteiger partial charge in [-0.15, -0.1) is 0 Å². The Kier molecular flexibility index (Phi) is 5.09. The van der Waals surface area contributed by atoms with Crippen molar-refractivity contribution in [1.82, 2.24) is 4.90 Å². The van der Waals surface area contributed by atoms with Gasteiger partial charge in [-0.05, 0) is 50.4 Å². The van der Waals surface area contributed by atoms with Crippen molar-refractivity contribution in [3.8, 4) is 0 Å². The largest absolute Gasteiger partial charge is 0.366 e. The fourth-order valence-corrected chi connectivity index (χ4v) is 2.84. The molecule has 1 aromatic carbocycles. The zero-order chi connectivity index (χ0) is 14.5. The molecular weight excluding hydrogens is 257 g/mol. The zero-order valence-electron chi connectivity index (χ0n) is 11.6. The maximum atomic E-state index is 14.0. The number of benzene rings is 1. The predicted octanol–water partition coefficient (Wildman–Crippen LogP) is 1.49. The Morgan fingerprint density at radius 2 is 2.25 bits per heavy atom. The number of rotatable bonds is 5. The molecule has 0 aliphatic carbocycles. The minimum Gasteiger partial charge on any atom is -0.366 e. The second-order valence-corrected chi connectivity index (χ2v) is 5.49. The molecule has 1 heterocycles. The number of primary amides is 1. The molecule has 0 spiro atoms. The smallest absolute Gasteiger partial charge is 0.248 e. The van der Waals surface area contributed by atoms with E-state index in [9.17, 15) is 9.18 Å². The van der Waals surface area contributed by atoms with Gasteiger partial charge in [0.2, 0.25) is 5.91 Å². The lowest BCUT2D eigenvalue weighted by atomic mass is 9.94. The molecule has 1 fully saturated rings. The van der Waals surface area contributed by atoms with E-state index in [0.29, 0.717) is 24.6 Å². The van der Waals surface area contributed by atoms with E-state index in [4.69, 9.17) is 11.5 Å². The summed E-state index contributed by atoms with van der Waals surface area (Å²) in [6.07, 6.45) is 3.36. The topological polar surface area (TPSA) is 72.3 Å². The molecule has 1 unspecified atom stereocenters. The lowest BCUT2D eigenvalue weighted by molar-refractivity contribution is 0.0999. The number of carbonyl (C=O) groups excluding carboxylic acids is 1. The summed E-state index contributed by atoms with van der Waals surface area (Å²) in [7, 11) is 0. The van der Waals surface area contributed by atoms with Crippen molar-refractivity contribution in [2.75, 3.05) is 19.6 Å². The van der Waals surface area contributed by atoms with Crippen LogP contribution in [0.1, 0.15) is 35.2 Å². The number of likely N-dealkylation sites (tertiary alicyclic amines) is 1. The van der Waals surface area contributed by atoms with Crippen molar-refractivity contribution in [3.63, 3.8) is 0 Å². The molecule has 0 radical (unpaired) electrons. The number of carbonyl (C=O) groups is 1. The lowest BCUT2D eigenvalue weighted by Gasteiger charge is -2.32. The molecule has 20 heavy (non-hydrogen) atoms. The van der Waals surface area contributed by atoms with E-state index in [1.807, 2.05) is 0 Å². The predicted molar refractivity (Wildman–Crippen MR) is 76.6 cm³/mol. The van der Waals surface area contributed by atoms with Crippen LogP contribution in [0.4, 0.5) is 4.39 Å². The molecule has 1 aliphatic heterocycles. The van der Waals surface area contributed by atoms with Crippen LogP contribution in [0.2, 0.25) is 0 Å². The highest BCUT2D eigenvalue weighted by Crippen LogP contribution is 2.21. The van der Waals surface area contributed by atoms with Crippen LogP contribution in [0, 0.1) is 11.7 Å². The van der Waals surface area contributed by atoms with E-state index in [1.54, 1.807) is 12.1 Å². The molecule has 2 rings (SSSR count). The molecule has 0 bridgehead atoms. The van der Waals surface area contributed by atoms with Gasteiger partial charge in [0.25, 0.3) is 0 Å². The second-order valence-electron chi connectivity index (χ2n) is 5.49. The SMILES string of the molecule is NCCC1CCCN(Cc2ccc(C(N)=O)cc2F)C1. The summed E-state index contributed by atoms with van der Waals surface area (Å²) in [5.74, 6) is -0.347. The first kappa shape index (κ1) is 14.9. The van der Waals surface area contributed by atoms with Crippen LogP contribution in [0.15, 0.2) is 18.2 Å². The van der Waals surface area contributed by atoms with Crippen LogP contribution in [0.5, 0.6) is 0 Å². The van der Waals surface area contributed by atoms with E-state index in [2.05, 4.69) is 4.90 Å². The Bertz CT molecular complexity index is 476. The van der Waals surface area contributed by atoms with Gasteiger partial charge in [0.05, 0.1) is 0 Å². The van der Waals surface area contributed by atoms with Gasteiger partial charge in [-0.25, -0.2) is 4.39 Å². The summed E-state index contributed by atoms with van der Waals surface area (Å²) >= 11 is 0. The fourth-order valence-electron chi connectivity index (χ4n) is 2.84. The van der Waals surface area contributed by atoms with Gasteiger partial charge >= 0.3 is 0 Å². The molecule has 1 atom stereocenters. The summed E-state index contributed by atoms with van der Waals surface area (Å²) in [6, 6.07) is 4.46. The summed E-state index contributed by atoms with van der Waals surface area (Å²) in [5.41, 5.74) is 11.6. The van der Waals surface area contributed by atoms with Crippen molar-refractivity contribution in [1.29, 1.82) is 0 Å². The van der Waals surface area contributed by atoms with Crippen LogP contribution in [0.3, 0.4) is 0 Å². The fraction of sp³-hybridized carbons (Fsp3) is 0.533. The minimum atomic E-state index is -0.601. The molecule has 5 heteroatoms. The van der Waals surface area contributed by atoms with Crippen LogP contribution in [-0.4, -0.2) is 30.4 Å². The highest BCUT2D eigenvalue weighted by atomic mass is 19.1. The van der Waals surface area contributed by atoms with E-state index >= 15 is 0 Å². The Morgan fingerprint density at radius 1 is 1.45 bits per heavy atom. The Hall–Kier alpha value is -1.46. The highest BCUT2D eigenvalue weighted by Gasteiger charge is 2.20. The molecule has 0 aromatic heterocycles. The van der Waals surface area contributed by atoms with Crippen molar-refractivity contribution in [3.05, 3.63) is 35.1 Å². The van der Waals surface area contributed by atoms with E-state index in [-0.39, 0.29) is 11.4 Å². The summed E-state index contributed by atoms with van der Waals surface area (Å²) in [6.45, 7) is 3.23. The van der Waals surface area contributed by atoms with Gasteiger partial charge in [-0.2, -0.15) is 0 Å². The van der Waals surface area contributed by atoms with Gasteiger partial charge in [-0.3, -0.25) is 9.69 Å². The average molecular weight is 279 g/mol. The lowest BCUT2D eigenvalue weighted by Crippen LogP contribution is -2.35. The van der Waals surface area contributed by atoms with Crippen LogP contribution < -0.4 is 11.5 Å². The zero-order valence-corrected chi connectivity index (χ0v) is 11.6. The van der Waals surface area contributed by atoms with Crippen molar-refractivity contribution in [2.45, 2.75) is 25.8 Å². The quantitative estimate of drug-likeness (QED) is 0.857. The number of nitrogens with two attached hydrogens (primary N) is 2. The average Bonchev–Trinajstić information content (AvgIpc) is 2.42. The first-order valence-electron chi connectivity index (χ1n) is 7.11. The van der Waals surface area contributed by atoms with Gasteiger partial charge in [-0.1, -0.05) is 6.07 Å². The molecule has 110 valence electrons. The Balaban J connectivity index is 2.00. The number of halogens is 1. The van der Waals surface area contributed by atoms with E-state index < -0.39 is 5.91 Å². The van der Waals surface area contributed by atoms with Gasteiger partial charge in [0.1, 0.15) is 5.82 Å². The Morgan fingerprint density at radius 3 is 2.90 bits per heavy atom. The summed E-state index contributed by atoms with van der Waals surface area (Å²) in [5, 5.41) is 0. The maximum Gasteiger partial charge on any atom is 0.248 e. The molecule has 1 amide bonds. The minimum absolute atomic E-state index is 0.214. The number of nitrogens with zero attached hydrogens (tertiary/aromatic N) is 1. The van der Waals surface area contributed by atoms with Gasteiger partial charge in [0, 0.05) is 24.2 Å². The molecule has 4 nitrogen and oxygen atoms in total. The number of piperidine rings is 1. The molecule has 1 aromatic rings. The molecule has 1 saturated heterocycles. The van der Waals surface area contributed by atoms with Crippen molar-refractivity contribution >= 4 is 5.91 Å². The summed E-state index contributed by atoms with van der Waals surface area (Å²) in [4.78, 5) is 13.3. The summed E-state index contributed by atoms with van der Waals surface area (Å²) < 4.78 is 14.0. The van der Waals surface area contributed by atoms with Gasteiger partial charge < -0.3 is 11.5 Å². The molecule has 1 aliphatic rings. The third-order valence-electron chi connectivity index (χ3n) is 3.91. The second kappa shape index (κ2) is 6.81. The monoisotopic (exact) mass is 279 g/mol. The van der Waals surface area contributed by atoms with Crippen LogP contribution in [0.25, 0.3) is 0 Å². The Labute approximate surface area is 118 Å². The van der Waals surface area contributed by atoms with Gasteiger partial charge in [0.15, 0.2) is 0 Å². The van der Waals surface area contributed by atoms with Crippen molar-refractivity contribution < 1.29 is 9.18 Å². The van der Waals surface area contributed by atoms with E-state index in [1.165, 1.54) is 12.5 Å². The maximum absolute atomic E-state index is 14.0. The first-order chi connectivity index (χ1) is 9.60. The molecule has 0 saturated carbocycles. The van der Waals surface area contributed by atoms with E-state index in [0.717, 1.165) is 25.9 Å². The first-order valence-corrected chi connectivity index (χ1v) is 7.11. The highest BCUT2D eigenvalue weighted by molar-refractivity contribution is 5.92. The normalized spacial score (nSPS) is 20.0.